The first-order valence-corrected chi connectivity index (χ1v) is 4.09. The molecule has 1 atom stereocenters. The molecule has 0 spiro atoms. The monoisotopic (exact) mass is 196 g/mol. The number of carbonyl (C=O) groups is 1. The van der Waals surface area contributed by atoms with Crippen LogP contribution in [0.2, 0.25) is 0 Å². The number of aromatic nitrogens is 1. The Balaban J connectivity index is 2.55. The summed E-state index contributed by atoms with van der Waals surface area (Å²) in [4.78, 5) is 16.4. The van der Waals surface area contributed by atoms with Gasteiger partial charge in [0.25, 0.3) is 0 Å². The third-order valence-corrected chi connectivity index (χ3v) is 1.92. The van der Waals surface area contributed by atoms with Gasteiger partial charge < -0.3 is 10.5 Å². The van der Waals surface area contributed by atoms with Crippen LogP contribution in [0, 0.1) is 0 Å². The summed E-state index contributed by atoms with van der Waals surface area (Å²) in [6, 6.07) is 2.13. The van der Waals surface area contributed by atoms with E-state index in [1.165, 1.54) is 6.20 Å². The van der Waals surface area contributed by atoms with Crippen molar-refractivity contribution in [1.29, 1.82) is 0 Å². The highest BCUT2D eigenvalue weighted by molar-refractivity contribution is 5.97. The highest BCUT2D eigenvalue weighted by atomic mass is 16.5. The number of likely N-dealkylation sites (N-methyl/N-ethyl adjacent to an activating group) is 1. The second kappa shape index (κ2) is 3.26. The van der Waals surface area contributed by atoms with Gasteiger partial charge in [-0.05, 0) is 12.1 Å². The summed E-state index contributed by atoms with van der Waals surface area (Å²) >= 11 is 0. The van der Waals surface area contributed by atoms with Crippen LogP contribution >= 0.6 is 0 Å². The fourth-order valence-corrected chi connectivity index (χ4v) is 1.18. The fourth-order valence-electron chi connectivity index (χ4n) is 1.18. The van der Waals surface area contributed by atoms with E-state index in [1.807, 2.05) is 0 Å². The minimum atomic E-state index is -2.63. The number of nitrogens with zero attached hydrogens (tertiary/aromatic N) is 2. The SMILES string of the molecule is [2H]C([2H])([2H])N1C(=O)[C@@H](N)COc2cccnc21. The minimum absolute atomic E-state index is 0.0227. The van der Waals surface area contributed by atoms with E-state index in [4.69, 9.17) is 14.6 Å². The molecule has 0 aromatic carbocycles. The highest BCUT2D eigenvalue weighted by Gasteiger charge is 2.26. The Morgan fingerprint density at radius 2 is 2.71 bits per heavy atom. The van der Waals surface area contributed by atoms with E-state index in [-0.39, 0.29) is 18.2 Å². The van der Waals surface area contributed by atoms with Crippen LogP contribution in [-0.4, -0.2) is 30.5 Å². The fraction of sp³-hybridized carbons (Fsp3) is 0.333. The topological polar surface area (TPSA) is 68.5 Å². The molecule has 0 unspecified atom stereocenters. The molecule has 0 saturated heterocycles. The van der Waals surface area contributed by atoms with Gasteiger partial charge in [-0.15, -0.1) is 0 Å². The maximum atomic E-state index is 11.9. The largest absolute Gasteiger partial charge is 0.488 e. The first kappa shape index (κ1) is 5.98. The summed E-state index contributed by atoms with van der Waals surface area (Å²) in [5.41, 5.74) is 5.55. The molecule has 2 rings (SSSR count). The molecule has 74 valence electrons. The smallest absolute Gasteiger partial charge is 0.248 e. The zero-order chi connectivity index (χ0) is 12.6. The molecule has 5 nitrogen and oxygen atoms in total. The molecule has 1 aliphatic rings. The molecule has 1 aromatic rings. The quantitative estimate of drug-likeness (QED) is 0.622. The molecule has 2 heterocycles. The van der Waals surface area contributed by atoms with Crippen molar-refractivity contribution in [1.82, 2.24) is 4.98 Å². The van der Waals surface area contributed by atoms with Gasteiger partial charge in [0, 0.05) is 17.3 Å². The average Bonchev–Trinajstić information content (AvgIpc) is 2.37. The number of anilines is 1. The first-order chi connectivity index (χ1) is 7.91. The summed E-state index contributed by atoms with van der Waals surface area (Å²) in [6.45, 7) is -2.70. The molecule has 0 bridgehead atoms. The van der Waals surface area contributed by atoms with Gasteiger partial charge in [0.05, 0.1) is 0 Å². The van der Waals surface area contributed by atoms with Crippen molar-refractivity contribution >= 4 is 11.7 Å². The lowest BCUT2D eigenvalue weighted by molar-refractivity contribution is -0.119. The van der Waals surface area contributed by atoms with Crippen LogP contribution in [0.5, 0.6) is 5.75 Å². The Hall–Kier alpha value is -1.62. The first-order valence-electron chi connectivity index (χ1n) is 5.59. The average molecular weight is 196 g/mol. The molecule has 14 heavy (non-hydrogen) atoms. The van der Waals surface area contributed by atoms with E-state index >= 15 is 0 Å². The van der Waals surface area contributed by atoms with E-state index in [0.29, 0.717) is 4.90 Å². The second-order valence-electron chi connectivity index (χ2n) is 2.92. The van der Waals surface area contributed by atoms with E-state index in [9.17, 15) is 4.79 Å². The van der Waals surface area contributed by atoms with Gasteiger partial charge in [0.1, 0.15) is 12.6 Å². The Labute approximate surface area is 85.7 Å². The van der Waals surface area contributed by atoms with Crippen LogP contribution in [0.25, 0.3) is 0 Å². The molecule has 1 amide bonds. The molecule has 0 saturated carbocycles. The van der Waals surface area contributed by atoms with Crippen molar-refractivity contribution in [3.63, 3.8) is 0 Å². The standard InChI is InChI=1S/C9H11N3O2/c1-12-8-7(3-2-4-11-8)14-5-6(10)9(12)13/h2-4,6H,5,10H2,1H3/t6-/m0/s1/i1D3. The number of hydrogen-bond acceptors (Lipinski definition) is 4. The molecule has 5 heteroatoms. The number of fused-ring (bicyclic) bond motifs is 1. The van der Waals surface area contributed by atoms with Gasteiger partial charge in [-0.25, -0.2) is 4.98 Å². The van der Waals surface area contributed by atoms with Crippen molar-refractivity contribution in [2.75, 3.05) is 18.5 Å². The number of rotatable bonds is 0. The summed E-state index contributed by atoms with van der Waals surface area (Å²) in [5, 5.41) is 0. The van der Waals surface area contributed by atoms with Crippen LogP contribution in [0.4, 0.5) is 5.82 Å². The second-order valence-corrected chi connectivity index (χ2v) is 2.92. The number of amides is 1. The van der Waals surface area contributed by atoms with Crippen molar-refractivity contribution in [2.24, 2.45) is 5.73 Å². The van der Waals surface area contributed by atoms with Gasteiger partial charge in [0.2, 0.25) is 5.91 Å². The van der Waals surface area contributed by atoms with E-state index < -0.39 is 18.9 Å². The lowest BCUT2D eigenvalue weighted by atomic mass is 10.3. The summed E-state index contributed by atoms with van der Waals surface area (Å²) < 4.78 is 27.3. The lowest BCUT2D eigenvalue weighted by Gasteiger charge is -2.15. The van der Waals surface area contributed by atoms with Crippen LogP contribution in [0.3, 0.4) is 0 Å². The summed E-state index contributed by atoms with van der Waals surface area (Å²) in [7, 11) is 0. The van der Waals surface area contributed by atoms with Gasteiger partial charge >= 0.3 is 0 Å². The van der Waals surface area contributed by atoms with Crippen molar-refractivity contribution in [3.8, 4) is 5.75 Å². The van der Waals surface area contributed by atoms with Crippen molar-refractivity contribution in [3.05, 3.63) is 18.3 Å². The minimum Gasteiger partial charge on any atom is -0.488 e. The third-order valence-electron chi connectivity index (χ3n) is 1.92. The molecule has 0 aliphatic carbocycles. The Morgan fingerprint density at radius 3 is 3.50 bits per heavy atom. The van der Waals surface area contributed by atoms with Crippen molar-refractivity contribution in [2.45, 2.75) is 6.04 Å². The van der Waals surface area contributed by atoms with E-state index in [2.05, 4.69) is 4.98 Å². The third kappa shape index (κ3) is 1.31. The maximum absolute atomic E-state index is 11.9. The number of ether oxygens (including phenoxy) is 1. The Bertz CT molecular complexity index is 449. The normalized spacial score (nSPS) is 25.2. The highest BCUT2D eigenvalue weighted by Crippen LogP contribution is 2.26. The van der Waals surface area contributed by atoms with E-state index in [1.54, 1.807) is 12.1 Å². The van der Waals surface area contributed by atoms with Crippen LogP contribution in [-0.2, 0) is 4.79 Å². The van der Waals surface area contributed by atoms with Gasteiger partial charge in [0.15, 0.2) is 11.6 Å². The molecular formula is C9H11N3O2. The molecule has 1 aliphatic heterocycles. The number of carbonyl (C=O) groups excluding carboxylic acids is 1. The maximum Gasteiger partial charge on any atom is 0.248 e. The molecule has 0 fully saturated rings. The van der Waals surface area contributed by atoms with Gasteiger partial charge in [-0.2, -0.15) is 0 Å². The Morgan fingerprint density at radius 1 is 1.86 bits per heavy atom. The lowest BCUT2D eigenvalue weighted by Crippen LogP contribution is -2.43. The van der Waals surface area contributed by atoms with Crippen LogP contribution < -0.4 is 15.4 Å². The van der Waals surface area contributed by atoms with E-state index in [0.717, 1.165) is 0 Å². The molecule has 0 radical (unpaired) electrons. The molecule has 2 N–H and O–H groups in total. The van der Waals surface area contributed by atoms with Crippen LogP contribution in [0.15, 0.2) is 18.3 Å². The van der Waals surface area contributed by atoms with Crippen LogP contribution in [0.1, 0.15) is 4.11 Å². The molecule has 1 aromatic heterocycles. The predicted molar refractivity (Wildman–Crippen MR) is 51.1 cm³/mol. The van der Waals surface area contributed by atoms with Gasteiger partial charge in [-0.1, -0.05) is 0 Å². The summed E-state index contributed by atoms with van der Waals surface area (Å²) in [6.07, 6.45) is 1.39. The Kier molecular flexibility index (Phi) is 1.39. The van der Waals surface area contributed by atoms with Crippen molar-refractivity contribution < 1.29 is 13.6 Å². The predicted octanol–water partition coefficient (Wildman–Crippen LogP) is -0.236. The number of hydrogen-bond donors (Lipinski definition) is 1. The zero-order valence-electron chi connectivity index (χ0n) is 10.3. The summed E-state index contributed by atoms with van der Waals surface area (Å²) in [5.74, 6) is -0.502. The zero-order valence-corrected chi connectivity index (χ0v) is 7.30. The number of nitrogens with two attached hydrogens (primary N) is 1. The van der Waals surface area contributed by atoms with Gasteiger partial charge in [-0.3, -0.25) is 9.69 Å². The molecular weight excluding hydrogens is 182 g/mol. The number of pyridine rings is 1.